The van der Waals surface area contributed by atoms with Gasteiger partial charge < -0.3 is 9.84 Å². The third kappa shape index (κ3) is 3.01. The SMILES string of the molecule is CCOC1(C(O)c2cc(F)ccc2F)CCCC(C)C1. The summed E-state index contributed by atoms with van der Waals surface area (Å²) >= 11 is 0. The first-order chi connectivity index (χ1) is 9.48. The van der Waals surface area contributed by atoms with Crippen molar-refractivity contribution in [3.8, 4) is 0 Å². The maximum absolute atomic E-state index is 13.9. The number of hydrogen-bond acceptors (Lipinski definition) is 2. The Morgan fingerprint density at radius 1 is 1.45 bits per heavy atom. The quantitative estimate of drug-likeness (QED) is 0.906. The average molecular weight is 284 g/mol. The van der Waals surface area contributed by atoms with Gasteiger partial charge in [0.1, 0.15) is 17.7 Å². The van der Waals surface area contributed by atoms with Crippen LogP contribution in [0.25, 0.3) is 0 Å². The fourth-order valence-electron chi connectivity index (χ4n) is 3.30. The molecule has 0 aromatic heterocycles. The van der Waals surface area contributed by atoms with Crippen molar-refractivity contribution in [2.24, 2.45) is 5.92 Å². The summed E-state index contributed by atoms with van der Waals surface area (Å²) in [6.07, 6.45) is 2.20. The molecule has 112 valence electrons. The lowest BCUT2D eigenvalue weighted by Crippen LogP contribution is -2.44. The fourth-order valence-corrected chi connectivity index (χ4v) is 3.30. The molecule has 0 saturated heterocycles. The third-order valence-electron chi connectivity index (χ3n) is 4.17. The largest absolute Gasteiger partial charge is 0.385 e. The second-order valence-electron chi connectivity index (χ2n) is 5.77. The van der Waals surface area contributed by atoms with Crippen LogP contribution in [-0.2, 0) is 4.74 Å². The van der Waals surface area contributed by atoms with Crippen molar-refractivity contribution in [1.82, 2.24) is 0 Å². The van der Waals surface area contributed by atoms with E-state index in [9.17, 15) is 13.9 Å². The van der Waals surface area contributed by atoms with E-state index in [-0.39, 0.29) is 5.56 Å². The normalized spacial score (nSPS) is 28.4. The molecule has 1 aromatic carbocycles. The van der Waals surface area contributed by atoms with Crippen LogP contribution in [-0.4, -0.2) is 17.3 Å². The Morgan fingerprint density at radius 3 is 2.85 bits per heavy atom. The Kier molecular flexibility index (Phi) is 4.76. The lowest BCUT2D eigenvalue weighted by Gasteiger charge is -2.43. The molecule has 2 nitrogen and oxygen atoms in total. The molecule has 1 fully saturated rings. The van der Waals surface area contributed by atoms with Gasteiger partial charge in [-0.1, -0.05) is 19.8 Å². The second kappa shape index (κ2) is 6.19. The summed E-state index contributed by atoms with van der Waals surface area (Å²) in [5.41, 5.74) is -0.811. The number of hydrogen-bond donors (Lipinski definition) is 1. The Hall–Kier alpha value is -1.00. The molecule has 0 heterocycles. The summed E-state index contributed by atoms with van der Waals surface area (Å²) in [5.74, 6) is -0.728. The zero-order valence-corrected chi connectivity index (χ0v) is 12.0. The Bertz CT molecular complexity index is 460. The third-order valence-corrected chi connectivity index (χ3v) is 4.17. The number of aliphatic hydroxyl groups is 1. The van der Waals surface area contributed by atoms with Crippen molar-refractivity contribution in [2.45, 2.75) is 51.2 Å². The van der Waals surface area contributed by atoms with Gasteiger partial charge in [0.25, 0.3) is 0 Å². The predicted molar refractivity (Wildman–Crippen MR) is 73.3 cm³/mol. The zero-order chi connectivity index (χ0) is 14.8. The summed E-state index contributed by atoms with van der Waals surface area (Å²) in [6, 6.07) is 3.18. The minimum Gasteiger partial charge on any atom is -0.385 e. The highest BCUT2D eigenvalue weighted by molar-refractivity contribution is 5.24. The molecule has 1 aliphatic carbocycles. The van der Waals surface area contributed by atoms with Gasteiger partial charge in [-0.3, -0.25) is 0 Å². The summed E-state index contributed by atoms with van der Waals surface area (Å²) in [4.78, 5) is 0. The zero-order valence-electron chi connectivity index (χ0n) is 12.0. The van der Waals surface area contributed by atoms with Gasteiger partial charge in [-0.2, -0.15) is 0 Å². The van der Waals surface area contributed by atoms with Crippen LogP contribution in [0.3, 0.4) is 0 Å². The van der Waals surface area contributed by atoms with Crippen molar-refractivity contribution in [3.05, 3.63) is 35.4 Å². The fraction of sp³-hybridized carbons (Fsp3) is 0.625. The van der Waals surface area contributed by atoms with E-state index in [1.54, 1.807) is 0 Å². The topological polar surface area (TPSA) is 29.5 Å². The van der Waals surface area contributed by atoms with E-state index in [0.29, 0.717) is 25.4 Å². The van der Waals surface area contributed by atoms with E-state index in [0.717, 1.165) is 31.0 Å². The minimum absolute atomic E-state index is 0.00690. The van der Waals surface area contributed by atoms with Gasteiger partial charge in [-0.05, 0) is 43.9 Å². The first-order valence-electron chi connectivity index (χ1n) is 7.25. The maximum Gasteiger partial charge on any atom is 0.129 e. The van der Waals surface area contributed by atoms with Gasteiger partial charge in [-0.25, -0.2) is 8.78 Å². The molecule has 0 aliphatic heterocycles. The second-order valence-corrected chi connectivity index (χ2v) is 5.77. The lowest BCUT2D eigenvalue weighted by molar-refractivity contribution is -0.150. The van der Waals surface area contributed by atoms with Gasteiger partial charge in [-0.15, -0.1) is 0 Å². The first kappa shape index (κ1) is 15.4. The molecule has 4 heteroatoms. The summed E-state index contributed by atoms with van der Waals surface area (Å²) < 4.78 is 33.1. The van der Waals surface area contributed by atoms with Gasteiger partial charge in [0.15, 0.2) is 0 Å². The Morgan fingerprint density at radius 2 is 2.20 bits per heavy atom. The van der Waals surface area contributed by atoms with Crippen LogP contribution in [0, 0.1) is 17.6 Å². The number of ether oxygens (including phenoxy) is 1. The highest BCUT2D eigenvalue weighted by atomic mass is 19.1. The van der Waals surface area contributed by atoms with Crippen LogP contribution in [0.2, 0.25) is 0 Å². The van der Waals surface area contributed by atoms with Crippen LogP contribution in [0.5, 0.6) is 0 Å². The smallest absolute Gasteiger partial charge is 0.129 e. The number of aliphatic hydroxyl groups excluding tert-OH is 1. The van der Waals surface area contributed by atoms with Crippen molar-refractivity contribution < 1.29 is 18.6 Å². The predicted octanol–water partition coefficient (Wildman–Crippen LogP) is 3.98. The van der Waals surface area contributed by atoms with Crippen molar-refractivity contribution in [2.75, 3.05) is 6.61 Å². The average Bonchev–Trinajstić information content (AvgIpc) is 2.41. The number of halogens is 2. The van der Waals surface area contributed by atoms with Crippen molar-refractivity contribution in [1.29, 1.82) is 0 Å². The molecule has 3 atom stereocenters. The summed E-state index contributed by atoms with van der Waals surface area (Å²) in [5, 5.41) is 10.6. The number of benzene rings is 1. The molecule has 0 amide bonds. The molecule has 1 N–H and O–H groups in total. The maximum atomic E-state index is 13.9. The molecule has 2 rings (SSSR count). The van der Waals surface area contributed by atoms with Crippen molar-refractivity contribution >= 4 is 0 Å². The monoisotopic (exact) mass is 284 g/mol. The molecule has 20 heavy (non-hydrogen) atoms. The molecule has 0 bridgehead atoms. The van der Waals surface area contributed by atoms with E-state index < -0.39 is 23.3 Å². The molecule has 1 aliphatic rings. The molecular weight excluding hydrogens is 262 g/mol. The Balaban J connectivity index is 2.35. The van der Waals surface area contributed by atoms with E-state index in [4.69, 9.17) is 4.74 Å². The van der Waals surface area contributed by atoms with E-state index >= 15 is 0 Å². The summed E-state index contributed by atoms with van der Waals surface area (Å²) in [6.45, 7) is 4.40. The van der Waals surface area contributed by atoms with Gasteiger partial charge in [0.2, 0.25) is 0 Å². The van der Waals surface area contributed by atoms with Gasteiger partial charge in [0, 0.05) is 12.2 Å². The van der Waals surface area contributed by atoms with Crippen LogP contribution in [0.4, 0.5) is 8.78 Å². The minimum atomic E-state index is -1.14. The van der Waals surface area contributed by atoms with Gasteiger partial charge in [0.05, 0.1) is 5.60 Å². The van der Waals surface area contributed by atoms with E-state index in [2.05, 4.69) is 6.92 Å². The highest BCUT2D eigenvalue weighted by Crippen LogP contribution is 2.44. The van der Waals surface area contributed by atoms with E-state index in [1.807, 2.05) is 6.92 Å². The van der Waals surface area contributed by atoms with E-state index in [1.165, 1.54) is 0 Å². The number of rotatable bonds is 4. The molecule has 1 saturated carbocycles. The molecule has 1 aromatic rings. The van der Waals surface area contributed by atoms with Gasteiger partial charge >= 0.3 is 0 Å². The lowest BCUT2D eigenvalue weighted by atomic mass is 9.74. The molecular formula is C16H22F2O2. The van der Waals surface area contributed by atoms with Crippen LogP contribution in [0.15, 0.2) is 18.2 Å². The highest BCUT2D eigenvalue weighted by Gasteiger charge is 2.43. The van der Waals surface area contributed by atoms with Crippen LogP contribution < -0.4 is 0 Å². The van der Waals surface area contributed by atoms with Crippen molar-refractivity contribution in [3.63, 3.8) is 0 Å². The molecule has 3 unspecified atom stereocenters. The molecule has 0 radical (unpaired) electrons. The van der Waals surface area contributed by atoms with Crippen LogP contribution >= 0.6 is 0 Å². The standard InChI is InChI=1S/C16H22F2O2/c1-3-20-16(8-4-5-11(2)10-16)15(19)13-9-12(17)6-7-14(13)18/h6-7,9,11,15,19H,3-5,8,10H2,1-2H3. The van der Waals surface area contributed by atoms with Crippen LogP contribution in [0.1, 0.15) is 51.2 Å². The Labute approximate surface area is 118 Å². The summed E-state index contributed by atoms with van der Waals surface area (Å²) in [7, 11) is 0. The molecule has 0 spiro atoms. The first-order valence-corrected chi connectivity index (χ1v) is 7.25.